The minimum absolute atomic E-state index is 0.624. The maximum absolute atomic E-state index is 10.2. The summed E-state index contributed by atoms with van der Waals surface area (Å²) in [6.45, 7) is 8.86. The molecule has 0 amide bonds. The van der Waals surface area contributed by atoms with Gasteiger partial charge in [-0.2, -0.15) is 0 Å². The average Bonchev–Trinajstić information content (AvgIpc) is 2.46. The second-order valence-corrected chi connectivity index (χ2v) is 5.05. The van der Waals surface area contributed by atoms with Gasteiger partial charge in [0.1, 0.15) is 0 Å². The van der Waals surface area contributed by atoms with E-state index < -0.39 is 0 Å². The van der Waals surface area contributed by atoms with Crippen molar-refractivity contribution in [3.05, 3.63) is 29.8 Å². The lowest BCUT2D eigenvalue weighted by Gasteiger charge is -2.38. The van der Waals surface area contributed by atoms with E-state index >= 15 is 0 Å². The van der Waals surface area contributed by atoms with Crippen LogP contribution in [0.1, 0.15) is 19.4 Å². The highest BCUT2D eigenvalue weighted by Crippen LogP contribution is 2.17. The molecule has 0 atom stereocenters. The van der Waals surface area contributed by atoms with Gasteiger partial charge in [0, 0.05) is 43.5 Å². The highest BCUT2D eigenvalue weighted by atomic mass is 16.1. The van der Waals surface area contributed by atoms with E-state index in [2.05, 4.69) is 47.6 Å². The van der Waals surface area contributed by atoms with Crippen molar-refractivity contribution in [3.63, 3.8) is 0 Å². The van der Waals surface area contributed by atoms with Gasteiger partial charge in [-0.1, -0.05) is 5.92 Å². The number of benzene rings is 1. The van der Waals surface area contributed by atoms with Gasteiger partial charge in [-0.25, -0.2) is 0 Å². The monoisotopic (exact) mass is 256 g/mol. The minimum Gasteiger partial charge on any atom is -0.369 e. The lowest BCUT2D eigenvalue weighted by molar-refractivity contribution is -0.103. The Morgan fingerprint density at radius 1 is 1.11 bits per heavy atom. The number of carbonyl (C=O) groups is 1. The molecule has 0 spiro atoms. The predicted octanol–water partition coefficient (Wildman–Crippen LogP) is 1.77. The van der Waals surface area contributed by atoms with Gasteiger partial charge in [0.2, 0.25) is 0 Å². The Bertz CT molecular complexity index is 474. The van der Waals surface area contributed by atoms with E-state index in [1.807, 2.05) is 12.1 Å². The van der Waals surface area contributed by atoms with E-state index in [0.29, 0.717) is 12.3 Å². The standard InChI is InChI=1S/C16H20N2O/c1-14(2)17-9-11-18(12-10-17)16-7-5-15(6-8-16)4-3-13-19/h5-8,13-14H,9-12H2,1-2H3. The predicted molar refractivity (Wildman–Crippen MR) is 78.3 cm³/mol. The molecule has 1 saturated heterocycles. The van der Waals surface area contributed by atoms with Gasteiger partial charge in [0.25, 0.3) is 0 Å². The van der Waals surface area contributed by atoms with Crippen LogP contribution in [0.3, 0.4) is 0 Å². The second-order valence-electron chi connectivity index (χ2n) is 5.05. The van der Waals surface area contributed by atoms with Crippen molar-refractivity contribution in [2.24, 2.45) is 0 Å². The molecule has 3 nitrogen and oxygen atoms in total. The Balaban J connectivity index is 1.98. The van der Waals surface area contributed by atoms with Gasteiger partial charge in [-0.15, -0.1) is 0 Å². The van der Waals surface area contributed by atoms with Crippen LogP contribution in [0.4, 0.5) is 5.69 Å². The summed E-state index contributed by atoms with van der Waals surface area (Å²) in [7, 11) is 0. The molecule has 1 aliphatic rings. The van der Waals surface area contributed by atoms with Crippen molar-refractivity contribution in [1.29, 1.82) is 0 Å². The van der Waals surface area contributed by atoms with E-state index in [0.717, 1.165) is 31.7 Å². The number of anilines is 1. The summed E-state index contributed by atoms with van der Waals surface area (Å²) in [6.07, 6.45) is 0.624. The van der Waals surface area contributed by atoms with Gasteiger partial charge in [0.05, 0.1) is 0 Å². The van der Waals surface area contributed by atoms with Crippen LogP contribution >= 0.6 is 0 Å². The smallest absolute Gasteiger partial charge is 0.193 e. The number of piperazine rings is 1. The topological polar surface area (TPSA) is 23.6 Å². The van der Waals surface area contributed by atoms with Gasteiger partial charge in [0.15, 0.2) is 6.29 Å². The molecule has 0 bridgehead atoms. The first-order valence-electron chi connectivity index (χ1n) is 6.75. The summed E-state index contributed by atoms with van der Waals surface area (Å²) in [6, 6.07) is 8.74. The zero-order valence-corrected chi connectivity index (χ0v) is 11.6. The zero-order chi connectivity index (χ0) is 13.7. The highest BCUT2D eigenvalue weighted by Gasteiger charge is 2.18. The first-order valence-corrected chi connectivity index (χ1v) is 6.75. The Labute approximate surface area is 115 Å². The summed E-state index contributed by atoms with van der Waals surface area (Å²) in [4.78, 5) is 15.1. The normalized spacial score (nSPS) is 16.1. The van der Waals surface area contributed by atoms with Crippen LogP contribution in [-0.4, -0.2) is 43.4 Å². The van der Waals surface area contributed by atoms with E-state index in [1.54, 1.807) is 0 Å². The van der Waals surface area contributed by atoms with Crippen LogP contribution in [0, 0.1) is 11.8 Å². The van der Waals surface area contributed by atoms with Crippen LogP contribution in [0.5, 0.6) is 0 Å². The molecule has 100 valence electrons. The number of aldehydes is 1. The van der Waals surface area contributed by atoms with E-state index in [9.17, 15) is 4.79 Å². The fourth-order valence-electron chi connectivity index (χ4n) is 2.36. The lowest BCUT2D eigenvalue weighted by atomic mass is 10.1. The number of nitrogens with zero attached hydrogens (tertiary/aromatic N) is 2. The molecule has 1 aromatic rings. The maximum atomic E-state index is 10.2. The molecule has 0 saturated carbocycles. The Morgan fingerprint density at radius 3 is 2.26 bits per heavy atom. The lowest BCUT2D eigenvalue weighted by Crippen LogP contribution is -2.48. The molecule has 1 heterocycles. The number of hydrogen-bond acceptors (Lipinski definition) is 3. The van der Waals surface area contributed by atoms with Crippen molar-refractivity contribution in [1.82, 2.24) is 4.90 Å². The number of rotatable bonds is 2. The second kappa shape index (κ2) is 6.40. The van der Waals surface area contributed by atoms with Crippen LogP contribution in [-0.2, 0) is 4.79 Å². The van der Waals surface area contributed by atoms with Crippen molar-refractivity contribution >= 4 is 12.0 Å². The molecule has 0 aromatic heterocycles. The molecule has 19 heavy (non-hydrogen) atoms. The van der Waals surface area contributed by atoms with Gasteiger partial charge in [-0.3, -0.25) is 9.69 Å². The van der Waals surface area contributed by atoms with Gasteiger partial charge in [-0.05, 0) is 44.0 Å². The van der Waals surface area contributed by atoms with Crippen LogP contribution in [0.15, 0.2) is 24.3 Å². The third-order valence-corrected chi connectivity index (χ3v) is 3.55. The molecule has 1 aliphatic heterocycles. The molecule has 2 rings (SSSR count). The first kappa shape index (κ1) is 13.6. The van der Waals surface area contributed by atoms with E-state index in [1.165, 1.54) is 5.69 Å². The van der Waals surface area contributed by atoms with E-state index in [-0.39, 0.29) is 0 Å². The fourth-order valence-corrected chi connectivity index (χ4v) is 2.36. The summed E-state index contributed by atoms with van der Waals surface area (Å²) in [5, 5.41) is 0. The molecule has 0 N–H and O–H groups in total. The van der Waals surface area contributed by atoms with Crippen LogP contribution < -0.4 is 4.90 Å². The van der Waals surface area contributed by atoms with Crippen LogP contribution in [0.2, 0.25) is 0 Å². The number of carbonyl (C=O) groups excluding carboxylic acids is 1. The Hall–Kier alpha value is -1.79. The molecular weight excluding hydrogens is 236 g/mol. The third-order valence-electron chi connectivity index (χ3n) is 3.55. The molecule has 0 unspecified atom stereocenters. The largest absolute Gasteiger partial charge is 0.369 e. The molecule has 1 aromatic carbocycles. The van der Waals surface area contributed by atoms with Crippen LogP contribution in [0.25, 0.3) is 0 Å². The molecule has 1 fully saturated rings. The summed E-state index contributed by atoms with van der Waals surface area (Å²) < 4.78 is 0. The molecule has 0 aliphatic carbocycles. The number of hydrogen-bond donors (Lipinski definition) is 0. The molecule has 3 heteroatoms. The Morgan fingerprint density at radius 2 is 1.74 bits per heavy atom. The SMILES string of the molecule is CC(C)N1CCN(c2ccc(C#CC=O)cc2)CC1. The third kappa shape index (κ3) is 3.59. The quantitative estimate of drug-likeness (QED) is 0.595. The molecular formula is C16H20N2O. The molecule has 0 radical (unpaired) electrons. The van der Waals surface area contributed by atoms with Crippen molar-refractivity contribution in [3.8, 4) is 11.8 Å². The van der Waals surface area contributed by atoms with E-state index in [4.69, 9.17) is 0 Å². The van der Waals surface area contributed by atoms with Crippen molar-refractivity contribution in [2.45, 2.75) is 19.9 Å². The fraction of sp³-hybridized carbons (Fsp3) is 0.438. The maximum Gasteiger partial charge on any atom is 0.193 e. The average molecular weight is 256 g/mol. The minimum atomic E-state index is 0.624. The summed E-state index contributed by atoms with van der Waals surface area (Å²) in [5.74, 6) is 5.23. The van der Waals surface area contributed by atoms with Gasteiger partial charge < -0.3 is 4.90 Å². The summed E-state index contributed by atoms with van der Waals surface area (Å²) >= 11 is 0. The highest BCUT2D eigenvalue weighted by molar-refractivity contribution is 5.74. The zero-order valence-electron chi connectivity index (χ0n) is 11.6. The van der Waals surface area contributed by atoms with Gasteiger partial charge >= 0.3 is 0 Å². The first-order chi connectivity index (χ1) is 9.20. The van der Waals surface area contributed by atoms with Crippen molar-refractivity contribution < 1.29 is 4.79 Å². The van der Waals surface area contributed by atoms with Crippen molar-refractivity contribution in [2.75, 3.05) is 31.1 Å². The Kier molecular flexibility index (Phi) is 4.59. The summed E-state index contributed by atoms with van der Waals surface area (Å²) in [5.41, 5.74) is 2.12.